The Morgan fingerprint density at radius 2 is 2.09 bits per heavy atom. The van der Waals surface area contributed by atoms with Crippen molar-refractivity contribution in [2.45, 2.75) is 6.42 Å². The van der Waals surface area contributed by atoms with Crippen LogP contribution in [0.1, 0.15) is 5.56 Å². The number of benzene rings is 1. The Bertz CT molecular complexity index is 619. The van der Waals surface area contributed by atoms with E-state index in [1.807, 2.05) is 30.3 Å². The summed E-state index contributed by atoms with van der Waals surface area (Å²) < 4.78 is 5.57. The molecule has 0 aliphatic carbocycles. The second-order valence-electron chi connectivity index (χ2n) is 4.84. The van der Waals surface area contributed by atoms with E-state index < -0.39 is 0 Å². The van der Waals surface area contributed by atoms with Crippen LogP contribution in [-0.2, 0) is 6.42 Å². The number of guanidine groups is 1. The van der Waals surface area contributed by atoms with E-state index in [2.05, 4.69) is 26.7 Å². The van der Waals surface area contributed by atoms with E-state index in [0.717, 1.165) is 29.7 Å². The number of hydrogen-bond donors (Lipinski definition) is 2. The van der Waals surface area contributed by atoms with Gasteiger partial charge in [-0.3, -0.25) is 9.98 Å². The number of ether oxygens (including phenoxy) is 1. The first-order valence-corrected chi connectivity index (χ1v) is 7.87. The first kappa shape index (κ1) is 17.1. The summed E-state index contributed by atoms with van der Waals surface area (Å²) >= 11 is 5.97. The molecule has 0 saturated heterocycles. The summed E-state index contributed by atoms with van der Waals surface area (Å²) in [5.74, 6) is 1.51. The molecule has 2 N–H and O–H groups in total. The van der Waals surface area contributed by atoms with Gasteiger partial charge in [-0.15, -0.1) is 0 Å². The molecule has 1 aromatic carbocycles. The molecule has 0 aliphatic heterocycles. The molecule has 6 heteroatoms. The fraction of sp³-hybridized carbons (Fsp3) is 0.294. The van der Waals surface area contributed by atoms with Gasteiger partial charge in [0.1, 0.15) is 12.4 Å². The van der Waals surface area contributed by atoms with Crippen molar-refractivity contribution in [1.82, 2.24) is 15.6 Å². The molecule has 5 nitrogen and oxygen atoms in total. The maximum absolute atomic E-state index is 5.97. The van der Waals surface area contributed by atoms with Crippen molar-refractivity contribution >= 4 is 17.6 Å². The zero-order valence-electron chi connectivity index (χ0n) is 13.1. The van der Waals surface area contributed by atoms with Crippen molar-refractivity contribution in [2.24, 2.45) is 4.99 Å². The minimum absolute atomic E-state index is 0.542. The Hall–Kier alpha value is -2.27. The lowest BCUT2D eigenvalue weighted by atomic mass is 10.1. The number of hydrogen-bond acceptors (Lipinski definition) is 3. The molecule has 122 valence electrons. The lowest BCUT2D eigenvalue weighted by molar-refractivity contribution is 0.320. The standard InChI is InChI=1S/C17H21ClN4O/c1-19-17(21-9-7-14-4-2-5-15(18)12-14)22-10-11-23-16-6-3-8-20-13-16/h2-6,8,12-13H,7,9-11H2,1H3,(H2,19,21,22). The summed E-state index contributed by atoms with van der Waals surface area (Å²) in [7, 11) is 1.75. The topological polar surface area (TPSA) is 58.5 Å². The van der Waals surface area contributed by atoms with Gasteiger partial charge in [-0.2, -0.15) is 0 Å². The Balaban J connectivity index is 1.63. The average molecular weight is 333 g/mol. The number of nitrogens with one attached hydrogen (secondary N) is 2. The molecule has 0 atom stereocenters. The molecule has 2 aromatic rings. The van der Waals surface area contributed by atoms with Crippen molar-refractivity contribution < 1.29 is 4.74 Å². The Kier molecular flexibility index (Phi) is 7.20. The molecule has 0 spiro atoms. The fourth-order valence-electron chi connectivity index (χ4n) is 2.01. The molecule has 0 aliphatic rings. The predicted octanol–water partition coefficient (Wildman–Crippen LogP) is 2.52. The minimum Gasteiger partial charge on any atom is -0.490 e. The third-order valence-electron chi connectivity index (χ3n) is 3.12. The minimum atomic E-state index is 0.542. The summed E-state index contributed by atoms with van der Waals surface area (Å²) in [5, 5.41) is 7.23. The molecule has 2 rings (SSSR count). The largest absolute Gasteiger partial charge is 0.490 e. The maximum Gasteiger partial charge on any atom is 0.191 e. The van der Waals surface area contributed by atoms with Crippen molar-refractivity contribution in [3.05, 3.63) is 59.4 Å². The van der Waals surface area contributed by atoms with Crippen LogP contribution >= 0.6 is 11.6 Å². The van der Waals surface area contributed by atoms with Crippen LogP contribution in [0.5, 0.6) is 5.75 Å². The third-order valence-corrected chi connectivity index (χ3v) is 3.35. The molecule has 0 radical (unpaired) electrons. The monoisotopic (exact) mass is 332 g/mol. The van der Waals surface area contributed by atoms with Gasteiger partial charge >= 0.3 is 0 Å². The van der Waals surface area contributed by atoms with Crippen LogP contribution in [0.4, 0.5) is 0 Å². The van der Waals surface area contributed by atoms with Crippen LogP contribution in [0.3, 0.4) is 0 Å². The van der Waals surface area contributed by atoms with Gasteiger partial charge in [-0.25, -0.2) is 0 Å². The number of halogens is 1. The van der Waals surface area contributed by atoms with E-state index in [1.165, 1.54) is 5.56 Å². The van der Waals surface area contributed by atoms with Gasteiger partial charge in [0.15, 0.2) is 5.96 Å². The normalized spacial score (nSPS) is 11.1. The van der Waals surface area contributed by atoms with Gasteiger partial charge in [-0.05, 0) is 36.2 Å². The smallest absolute Gasteiger partial charge is 0.191 e. The van der Waals surface area contributed by atoms with Crippen molar-refractivity contribution in [2.75, 3.05) is 26.7 Å². The highest BCUT2D eigenvalue weighted by atomic mass is 35.5. The molecule has 0 unspecified atom stereocenters. The highest BCUT2D eigenvalue weighted by Gasteiger charge is 1.99. The fourth-order valence-corrected chi connectivity index (χ4v) is 2.22. The van der Waals surface area contributed by atoms with E-state index in [9.17, 15) is 0 Å². The maximum atomic E-state index is 5.97. The number of aliphatic imine (C=N–C) groups is 1. The SMILES string of the molecule is CN=C(NCCOc1cccnc1)NCCc1cccc(Cl)c1. The Morgan fingerprint density at radius 3 is 2.83 bits per heavy atom. The van der Waals surface area contributed by atoms with Gasteiger partial charge in [0, 0.05) is 24.8 Å². The van der Waals surface area contributed by atoms with Crippen LogP contribution in [0.2, 0.25) is 5.02 Å². The number of aromatic nitrogens is 1. The second kappa shape index (κ2) is 9.69. The molecular weight excluding hydrogens is 312 g/mol. The van der Waals surface area contributed by atoms with Gasteiger partial charge in [0.25, 0.3) is 0 Å². The molecule has 0 saturated carbocycles. The molecular formula is C17H21ClN4O. The quantitative estimate of drug-likeness (QED) is 0.465. The number of pyridine rings is 1. The highest BCUT2D eigenvalue weighted by molar-refractivity contribution is 6.30. The molecule has 1 aromatic heterocycles. The Labute approximate surface area is 141 Å². The first-order chi connectivity index (χ1) is 11.3. The molecule has 0 bridgehead atoms. The number of rotatable bonds is 7. The van der Waals surface area contributed by atoms with Crippen LogP contribution in [0, 0.1) is 0 Å². The van der Waals surface area contributed by atoms with Crippen LogP contribution < -0.4 is 15.4 Å². The van der Waals surface area contributed by atoms with Crippen LogP contribution in [0.15, 0.2) is 53.8 Å². The van der Waals surface area contributed by atoms with E-state index >= 15 is 0 Å². The first-order valence-electron chi connectivity index (χ1n) is 7.50. The molecule has 23 heavy (non-hydrogen) atoms. The lowest BCUT2D eigenvalue weighted by Crippen LogP contribution is -2.40. The van der Waals surface area contributed by atoms with Gasteiger partial charge in [0.05, 0.1) is 12.7 Å². The van der Waals surface area contributed by atoms with Crippen molar-refractivity contribution in [3.63, 3.8) is 0 Å². The third kappa shape index (κ3) is 6.57. The lowest BCUT2D eigenvalue weighted by Gasteiger charge is -2.12. The van der Waals surface area contributed by atoms with E-state index in [0.29, 0.717) is 13.2 Å². The van der Waals surface area contributed by atoms with Crippen LogP contribution in [0.25, 0.3) is 0 Å². The van der Waals surface area contributed by atoms with Crippen molar-refractivity contribution in [3.8, 4) is 5.75 Å². The zero-order valence-corrected chi connectivity index (χ0v) is 13.9. The number of nitrogens with zero attached hydrogens (tertiary/aromatic N) is 2. The Morgan fingerprint density at radius 1 is 1.22 bits per heavy atom. The van der Waals surface area contributed by atoms with Gasteiger partial charge in [-0.1, -0.05) is 23.7 Å². The summed E-state index contributed by atoms with van der Waals surface area (Å²) in [6.45, 7) is 1.98. The van der Waals surface area contributed by atoms with Gasteiger partial charge < -0.3 is 15.4 Å². The summed E-state index contributed by atoms with van der Waals surface area (Å²) in [6, 6.07) is 11.6. The molecule has 0 fully saturated rings. The summed E-state index contributed by atoms with van der Waals surface area (Å²) in [5.41, 5.74) is 1.19. The summed E-state index contributed by atoms with van der Waals surface area (Å²) in [4.78, 5) is 8.18. The van der Waals surface area contributed by atoms with Crippen LogP contribution in [-0.4, -0.2) is 37.7 Å². The van der Waals surface area contributed by atoms with E-state index in [1.54, 1.807) is 19.4 Å². The second-order valence-corrected chi connectivity index (χ2v) is 5.28. The molecule has 1 heterocycles. The summed E-state index contributed by atoms with van der Waals surface area (Å²) in [6.07, 6.45) is 4.29. The predicted molar refractivity (Wildman–Crippen MR) is 94.3 cm³/mol. The van der Waals surface area contributed by atoms with E-state index in [4.69, 9.17) is 16.3 Å². The zero-order chi connectivity index (χ0) is 16.3. The average Bonchev–Trinajstić information content (AvgIpc) is 2.58. The van der Waals surface area contributed by atoms with Gasteiger partial charge in [0.2, 0.25) is 0 Å². The van der Waals surface area contributed by atoms with Crippen molar-refractivity contribution in [1.29, 1.82) is 0 Å². The highest BCUT2D eigenvalue weighted by Crippen LogP contribution is 2.10. The molecule has 0 amide bonds. The van der Waals surface area contributed by atoms with E-state index in [-0.39, 0.29) is 0 Å².